The predicted octanol–water partition coefficient (Wildman–Crippen LogP) is 2.82. The van der Waals surface area contributed by atoms with E-state index >= 15 is 0 Å². The molecule has 0 unspecified atom stereocenters. The molecule has 5 nitrogen and oxygen atoms in total. The van der Waals surface area contributed by atoms with Crippen LogP contribution in [0.5, 0.6) is 0 Å². The van der Waals surface area contributed by atoms with Gasteiger partial charge in [0.25, 0.3) is 0 Å². The number of halogens is 2. The van der Waals surface area contributed by atoms with Crippen LogP contribution in [0.1, 0.15) is 31.2 Å². The van der Waals surface area contributed by atoms with E-state index in [-0.39, 0.29) is 15.4 Å². The van der Waals surface area contributed by atoms with Gasteiger partial charge in [-0.05, 0) is 66.2 Å². The van der Waals surface area contributed by atoms with Crippen LogP contribution in [-0.4, -0.2) is 25.5 Å². The van der Waals surface area contributed by atoms with Crippen LogP contribution >= 0.6 is 15.9 Å². The largest absolute Gasteiger partial charge is 0.481 e. The molecular formula is C14H17BrFNO4S. The van der Waals surface area contributed by atoms with Crippen LogP contribution in [-0.2, 0) is 14.8 Å². The Kier molecular flexibility index (Phi) is 5.24. The van der Waals surface area contributed by atoms with Crippen molar-refractivity contribution in [1.82, 2.24) is 4.72 Å². The van der Waals surface area contributed by atoms with E-state index in [4.69, 9.17) is 5.11 Å². The molecule has 0 bridgehead atoms. The molecule has 1 saturated carbocycles. The molecule has 1 fully saturated rings. The fraction of sp³-hybridized carbons (Fsp3) is 0.500. The van der Waals surface area contributed by atoms with Crippen LogP contribution in [0.15, 0.2) is 21.5 Å². The van der Waals surface area contributed by atoms with Gasteiger partial charge in [-0.2, -0.15) is 0 Å². The Hall–Kier alpha value is -0.990. The van der Waals surface area contributed by atoms with E-state index in [0.29, 0.717) is 31.2 Å². The second-order valence-electron chi connectivity index (χ2n) is 5.54. The minimum atomic E-state index is -3.76. The lowest BCUT2D eigenvalue weighted by molar-refractivity contribution is -0.142. The maximum absolute atomic E-state index is 13.4. The Balaban J connectivity index is 2.13. The van der Waals surface area contributed by atoms with Gasteiger partial charge in [-0.3, -0.25) is 4.79 Å². The molecule has 0 aromatic heterocycles. The van der Waals surface area contributed by atoms with Gasteiger partial charge in [-0.15, -0.1) is 0 Å². The maximum atomic E-state index is 13.4. The number of carbonyl (C=O) groups is 1. The van der Waals surface area contributed by atoms with Crippen molar-refractivity contribution >= 4 is 31.9 Å². The second kappa shape index (κ2) is 6.64. The molecule has 1 aliphatic rings. The van der Waals surface area contributed by atoms with Gasteiger partial charge in [-0.1, -0.05) is 0 Å². The highest BCUT2D eigenvalue weighted by molar-refractivity contribution is 9.10. The van der Waals surface area contributed by atoms with Gasteiger partial charge in [0.15, 0.2) is 0 Å². The van der Waals surface area contributed by atoms with Gasteiger partial charge in [-0.25, -0.2) is 17.5 Å². The summed E-state index contributed by atoms with van der Waals surface area (Å²) in [6.07, 6.45) is 1.87. The molecule has 0 spiro atoms. The first-order chi connectivity index (χ1) is 10.2. The van der Waals surface area contributed by atoms with E-state index in [0.717, 1.165) is 0 Å². The number of sulfonamides is 1. The Bertz CT molecular complexity index is 684. The van der Waals surface area contributed by atoms with Crippen molar-refractivity contribution in [3.05, 3.63) is 28.0 Å². The summed E-state index contributed by atoms with van der Waals surface area (Å²) in [6.45, 7) is 1.53. The van der Waals surface area contributed by atoms with Crippen molar-refractivity contribution in [2.75, 3.05) is 0 Å². The molecule has 1 aliphatic carbocycles. The van der Waals surface area contributed by atoms with Gasteiger partial charge < -0.3 is 5.11 Å². The van der Waals surface area contributed by atoms with Gasteiger partial charge >= 0.3 is 5.97 Å². The smallest absolute Gasteiger partial charge is 0.306 e. The van der Waals surface area contributed by atoms with Crippen molar-refractivity contribution in [2.45, 2.75) is 43.5 Å². The molecule has 0 atom stereocenters. The van der Waals surface area contributed by atoms with E-state index in [9.17, 15) is 17.6 Å². The summed E-state index contributed by atoms with van der Waals surface area (Å²) in [5, 5.41) is 8.95. The first kappa shape index (κ1) is 17.4. The van der Waals surface area contributed by atoms with E-state index in [2.05, 4.69) is 20.7 Å². The Labute approximate surface area is 137 Å². The van der Waals surface area contributed by atoms with Crippen molar-refractivity contribution in [3.63, 3.8) is 0 Å². The zero-order chi connectivity index (χ0) is 16.5. The molecule has 0 amide bonds. The molecule has 122 valence electrons. The summed E-state index contributed by atoms with van der Waals surface area (Å²) in [6, 6.07) is 2.12. The highest BCUT2D eigenvalue weighted by atomic mass is 79.9. The van der Waals surface area contributed by atoms with E-state index < -0.39 is 27.7 Å². The van der Waals surface area contributed by atoms with Gasteiger partial charge in [0.1, 0.15) is 5.82 Å². The van der Waals surface area contributed by atoms with Crippen LogP contribution in [0.2, 0.25) is 0 Å². The first-order valence-corrected chi connectivity index (χ1v) is 9.19. The zero-order valence-corrected chi connectivity index (χ0v) is 14.4. The number of hydrogen-bond donors (Lipinski definition) is 2. The summed E-state index contributed by atoms with van der Waals surface area (Å²) in [4.78, 5) is 10.9. The molecule has 2 N–H and O–H groups in total. The Morgan fingerprint density at radius 1 is 1.32 bits per heavy atom. The molecule has 1 aromatic carbocycles. The lowest BCUT2D eigenvalue weighted by Crippen LogP contribution is -2.38. The average Bonchev–Trinajstić information content (AvgIpc) is 2.42. The van der Waals surface area contributed by atoms with Crippen LogP contribution in [0, 0.1) is 18.7 Å². The van der Waals surface area contributed by atoms with E-state index in [1.807, 2.05) is 0 Å². The fourth-order valence-electron chi connectivity index (χ4n) is 2.66. The summed E-state index contributed by atoms with van der Waals surface area (Å²) >= 11 is 2.99. The van der Waals surface area contributed by atoms with Crippen LogP contribution in [0.25, 0.3) is 0 Å². The topological polar surface area (TPSA) is 83.5 Å². The van der Waals surface area contributed by atoms with Gasteiger partial charge in [0, 0.05) is 6.04 Å². The predicted molar refractivity (Wildman–Crippen MR) is 82.5 cm³/mol. The van der Waals surface area contributed by atoms with Crippen molar-refractivity contribution in [1.29, 1.82) is 0 Å². The van der Waals surface area contributed by atoms with Crippen molar-refractivity contribution in [3.8, 4) is 0 Å². The molecule has 0 radical (unpaired) electrons. The van der Waals surface area contributed by atoms with Gasteiger partial charge in [0.2, 0.25) is 10.0 Å². The molecule has 0 saturated heterocycles. The molecule has 2 rings (SSSR count). The highest BCUT2D eigenvalue weighted by Gasteiger charge is 2.29. The van der Waals surface area contributed by atoms with E-state index in [1.54, 1.807) is 0 Å². The van der Waals surface area contributed by atoms with Crippen LogP contribution in [0.3, 0.4) is 0 Å². The number of carboxylic acids is 1. The molecule has 0 aliphatic heterocycles. The fourth-order valence-corrected chi connectivity index (χ4v) is 4.71. The summed E-state index contributed by atoms with van der Waals surface area (Å²) in [5.41, 5.74) is 0.326. The van der Waals surface area contributed by atoms with Gasteiger partial charge in [0.05, 0.1) is 15.3 Å². The molecule has 22 heavy (non-hydrogen) atoms. The van der Waals surface area contributed by atoms with E-state index in [1.165, 1.54) is 19.1 Å². The monoisotopic (exact) mass is 393 g/mol. The third-order valence-corrected chi connectivity index (χ3v) is 6.18. The number of carboxylic acid groups (broad SMARTS) is 1. The molecular weight excluding hydrogens is 377 g/mol. The normalized spacial score (nSPS) is 22.5. The number of benzene rings is 1. The second-order valence-corrected chi connectivity index (χ2v) is 8.08. The third kappa shape index (κ3) is 3.85. The average molecular weight is 394 g/mol. The number of aryl methyl sites for hydroxylation is 1. The molecule has 8 heteroatoms. The Morgan fingerprint density at radius 3 is 2.45 bits per heavy atom. The summed E-state index contributed by atoms with van der Waals surface area (Å²) in [5.74, 6) is -1.75. The minimum absolute atomic E-state index is 0.0288. The number of aliphatic carboxylic acids is 1. The van der Waals surface area contributed by atoms with Crippen LogP contribution in [0.4, 0.5) is 4.39 Å². The SMILES string of the molecule is Cc1cc(F)c(Br)cc1S(=O)(=O)NC1CCC(C(=O)O)CC1. The third-order valence-electron chi connectivity index (χ3n) is 3.91. The van der Waals surface area contributed by atoms with Crippen LogP contribution < -0.4 is 4.72 Å². The molecule has 1 aromatic rings. The quantitative estimate of drug-likeness (QED) is 0.823. The van der Waals surface area contributed by atoms with Crippen molar-refractivity contribution < 1.29 is 22.7 Å². The molecule has 0 heterocycles. The summed E-state index contributed by atoms with van der Waals surface area (Å²) < 4.78 is 41.0. The Morgan fingerprint density at radius 2 is 1.91 bits per heavy atom. The lowest BCUT2D eigenvalue weighted by atomic mass is 9.87. The minimum Gasteiger partial charge on any atom is -0.481 e. The standard InChI is InChI=1S/C14H17BrFNO4S/c1-8-6-12(16)11(15)7-13(8)22(20,21)17-10-4-2-9(3-5-10)14(18)19/h6-7,9-10,17H,2-5H2,1H3,(H,18,19). The summed E-state index contributed by atoms with van der Waals surface area (Å²) in [7, 11) is -3.76. The lowest BCUT2D eigenvalue weighted by Gasteiger charge is -2.26. The number of rotatable bonds is 4. The highest BCUT2D eigenvalue weighted by Crippen LogP contribution is 2.28. The first-order valence-electron chi connectivity index (χ1n) is 6.91. The zero-order valence-electron chi connectivity index (χ0n) is 12.0. The maximum Gasteiger partial charge on any atom is 0.306 e. The number of nitrogens with one attached hydrogen (secondary N) is 1. The number of hydrogen-bond acceptors (Lipinski definition) is 3. The van der Waals surface area contributed by atoms with Crippen molar-refractivity contribution in [2.24, 2.45) is 5.92 Å².